The Hall–Kier alpha value is -0.780. The zero-order chi connectivity index (χ0) is 14.5. The maximum absolute atomic E-state index is 2.21. The van der Waals surface area contributed by atoms with Crippen molar-refractivity contribution in [2.24, 2.45) is 0 Å². The normalized spacial score (nSPS) is 6.90. The molecule has 0 atom stereocenters. The Bertz CT molecular complexity index is 130. The quantitative estimate of drug-likeness (QED) is 0.521. The predicted molar refractivity (Wildman–Crippen MR) is 102 cm³/mol. The van der Waals surface area contributed by atoms with Gasteiger partial charge in [0, 0.05) is 0 Å². The highest BCUT2D eigenvalue weighted by Gasteiger charge is 1.68. The van der Waals surface area contributed by atoms with E-state index in [1.54, 1.807) is 0 Å². The molecule has 0 aliphatic heterocycles. The van der Waals surface area contributed by atoms with Gasteiger partial charge in [0.2, 0.25) is 0 Å². The molecule has 0 spiro atoms. The van der Waals surface area contributed by atoms with Crippen LogP contribution in [0.4, 0.5) is 0 Å². The second-order valence-corrected chi connectivity index (χ2v) is 3.86. The van der Waals surface area contributed by atoms with Crippen molar-refractivity contribution < 1.29 is 0 Å². The highest BCUT2D eigenvalue weighted by molar-refractivity contribution is 4.99. The van der Waals surface area contributed by atoms with Crippen LogP contribution >= 0.6 is 0 Å². The molecule has 0 radical (unpaired) electrons. The first kappa shape index (κ1) is 31.6. The summed E-state index contributed by atoms with van der Waals surface area (Å²) in [6.07, 6.45) is 8.15. The van der Waals surface area contributed by atoms with Crippen LogP contribution in [-0.4, -0.2) is 0 Å². The summed E-state index contributed by atoms with van der Waals surface area (Å²) in [6, 6.07) is 12.0. The van der Waals surface area contributed by atoms with Crippen LogP contribution < -0.4 is 0 Å². The first-order valence-electron chi connectivity index (χ1n) is 7.83. The Morgan fingerprint density at radius 2 is 0.600 bits per heavy atom. The number of hydrogen-bond donors (Lipinski definition) is 0. The zero-order valence-corrected chi connectivity index (χ0v) is 13.7. The molecule has 0 aliphatic carbocycles. The van der Waals surface area contributed by atoms with Crippen LogP contribution in [-0.2, 0) is 0 Å². The molecule has 0 amide bonds. The van der Waals surface area contributed by atoms with E-state index in [1.807, 2.05) is 50.2 Å². The van der Waals surface area contributed by atoms with E-state index in [0.29, 0.717) is 0 Å². The summed E-state index contributed by atoms with van der Waals surface area (Å²) in [6.45, 7) is 12.8. The lowest BCUT2D eigenvalue weighted by molar-refractivity contribution is 0.772. The fourth-order valence-corrected chi connectivity index (χ4v) is 1.09. The van der Waals surface area contributed by atoms with Gasteiger partial charge in [-0.25, -0.2) is 0 Å². The third-order valence-electron chi connectivity index (χ3n) is 2.08. The van der Waals surface area contributed by atoms with Crippen LogP contribution in [0.5, 0.6) is 0 Å². The smallest absolute Gasteiger partial charge is 0.0538 e. The lowest BCUT2D eigenvalue weighted by Gasteiger charge is -1.79. The van der Waals surface area contributed by atoms with Crippen LogP contribution in [0.15, 0.2) is 36.4 Å². The van der Waals surface area contributed by atoms with Gasteiger partial charge in [-0.2, -0.15) is 0 Å². The van der Waals surface area contributed by atoms with E-state index in [9.17, 15) is 0 Å². The molecule has 0 saturated heterocycles. The lowest BCUT2D eigenvalue weighted by atomic mass is 10.3. The van der Waals surface area contributed by atoms with Crippen molar-refractivity contribution in [3.63, 3.8) is 0 Å². The Balaban J connectivity index is -0.0000000509. The molecule has 1 aromatic rings. The monoisotopic (exact) mass is 284 g/mol. The number of unbranched alkanes of at least 4 members (excludes halogenated alkanes) is 4. The third-order valence-corrected chi connectivity index (χ3v) is 2.08. The van der Waals surface area contributed by atoms with Gasteiger partial charge in [-0.3, -0.25) is 0 Å². The second kappa shape index (κ2) is 42.9. The van der Waals surface area contributed by atoms with Gasteiger partial charge in [0.25, 0.3) is 0 Å². The molecule has 1 aromatic carbocycles. The molecule has 0 saturated carbocycles. The minimum atomic E-state index is 0. The predicted octanol–water partition coefficient (Wildman–Crippen LogP) is 8.38. The van der Waals surface area contributed by atoms with E-state index in [-0.39, 0.29) is 14.9 Å². The fraction of sp³-hybridized carbons (Fsp3) is 0.700. The summed E-state index contributed by atoms with van der Waals surface area (Å²) < 4.78 is 0. The topological polar surface area (TPSA) is 0 Å². The molecule has 0 heterocycles. The number of rotatable bonds is 4. The van der Waals surface area contributed by atoms with Gasteiger partial charge in [-0.1, -0.05) is 131 Å². The Morgan fingerprint density at radius 3 is 0.650 bits per heavy atom. The van der Waals surface area contributed by atoms with Crippen LogP contribution in [0.2, 0.25) is 0 Å². The van der Waals surface area contributed by atoms with Gasteiger partial charge in [0.05, 0.1) is 0 Å². The molecule has 0 fully saturated rings. The van der Waals surface area contributed by atoms with Crippen molar-refractivity contribution in [2.75, 3.05) is 0 Å². The summed E-state index contributed by atoms with van der Waals surface area (Å²) in [5, 5.41) is 0. The van der Waals surface area contributed by atoms with Crippen molar-refractivity contribution >= 4 is 0 Å². The Labute approximate surface area is 132 Å². The first-order valence-corrected chi connectivity index (χ1v) is 7.83. The van der Waals surface area contributed by atoms with Crippen molar-refractivity contribution in [3.05, 3.63) is 36.4 Å². The summed E-state index contributed by atoms with van der Waals surface area (Å²) in [5.41, 5.74) is 0. The molecule has 0 N–H and O–H groups in total. The summed E-state index contributed by atoms with van der Waals surface area (Å²) in [7, 11) is 0. The van der Waals surface area contributed by atoms with E-state index in [4.69, 9.17) is 0 Å². The number of hydrogen-bond acceptors (Lipinski definition) is 0. The molecule has 0 unspecified atom stereocenters. The van der Waals surface area contributed by atoms with Crippen molar-refractivity contribution in [1.29, 1.82) is 0 Å². The van der Waals surface area contributed by atoms with E-state index in [1.165, 1.54) is 38.5 Å². The minimum absolute atomic E-state index is 0. The second-order valence-electron chi connectivity index (χ2n) is 3.86. The summed E-state index contributed by atoms with van der Waals surface area (Å²) in [4.78, 5) is 0. The van der Waals surface area contributed by atoms with Crippen molar-refractivity contribution in [2.45, 2.75) is 94.9 Å². The molecule has 0 aromatic heterocycles. The van der Waals surface area contributed by atoms with E-state index < -0.39 is 0 Å². The fourth-order valence-electron chi connectivity index (χ4n) is 1.09. The Kier molecular flexibility index (Phi) is 67.7. The van der Waals surface area contributed by atoms with Gasteiger partial charge < -0.3 is 0 Å². The highest BCUT2D eigenvalue weighted by atomic mass is 13.8. The summed E-state index contributed by atoms with van der Waals surface area (Å²) in [5.74, 6) is 0. The van der Waals surface area contributed by atoms with Crippen LogP contribution in [0.1, 0.15) is 94.9 Å². The van der Waals surface area contributed by atoms with Crippen LogP contribution in [0.25, 0.3) is 0 Å². The van der Waals surface area contributed by atoms with E-state index in [0.717, 1.165) is 0 Å². The maximum Gasteiger partial charge on any atom is -0.0538 e. The highest BCUT2D eigenvalue weighted by Crippen LogP contribution is 1.88. The first-order chi connectivity index (χ1) is 8.83. The summed E-state index contributed by atoms with van der Waals surface area (Å²) >= 11 is 0. The van der Waals surface area contributed by atoms with Gasteiger partial charge in [0.15, 0.2) is 0 Å². The molecule has 0 aliphatic rings. The largest absolute Gasteiger partial charge is 0.0776 e. The van der Waals surface area contributed by atoms with Crippen LogP contribution in [0, 0.1) is 0 Å². The molecule has 0 bridgehead atoms. The van der Waals surface area contributed by atoms with Gasteiger partial charge in [-0.05, 0) is 0 Å². The van der Waals surface area contributed by atoms with E-state index in [2.05, 4.69) is 27.7 Å². The average molecular weight is 285 g/mol. The number of benzene rings is 1. The molecule has 20 heavy (non-hydrogen) atoms. The molecular weight excluding hydrogens is 240 g/mol. The van der Waals surface area contributed by atoms with Gasteiger partial charge >= 0.3 is 0 Å². The van der Waals surface area contributed by atoms with Crippen molar-refractivity contribution in [3.8, 4) is 0 Å². The molecule has 0 nitrogen and oxygen atoms in total. The Morgan fingerprint density at radius 1 is 0.450 bits per heavy atom. The van der Waals surface area contributed by atoms with Crippen LogP contribution in [0.3, 0.4) is 0 Å². The molecule has 124 valence electrons. The molecular formula is C20H44. The SMILES string of the molecule is C.C.CC.CCCCC.CCCCC.c1ccccc1. The maximum atomic E-state index is 2.21. The molecule has 1 rings (SSSR count). The van der Waals surface area contributed by atoms with Crippen molar-refractivity contribution in [1.82, 2.24) is 0 Å². The standard InChI is InChI=1S/C6H6.2C5H12.C2H6.2CH4/c1-2-4-6-5-3-1;2*1-3-5-4-2;1-2;;/h1-6H;2*3-5H2,1-2H3;1-2H3;2*1H4. The van der Waals surface area contributed by atoms with Gasteiger partial charge in [0.1, 0.15) is 0 Å². The zero-order valence-electron chi connectivity index (χ0n) is 13.7. The molecule has 0 heteroatoms. The third kappa shape index (κ3) is 53.3. The van der Waals surface area contributed by atoms with E-state index >= 15 is 0 Å². The van der Waals surface area contributed by atoms with Gasteiger partial charge in [-0.15, -0.1) is 0 Å². The average Bonchev–Trinajstić information content (AvgIpc) is 2.46. The minimum Gasteiger partial charge on any atom is -0.0776 e. The lowest BCUT2D eigenvalue weighted by Crippen LogP contribution is -1.59.